The summed E-state index contributed by atoms with van der Waals surface area (Å²) in [6, 6.07) is 7.42. The minimum Gasteiger partial charge on any atom is -0.462 e. The number of hydrogen-bond acceptors (Lipinski definition) is 5. The Kier molecular flexibility index (Phi) is 6.28. The van der Waals surface area contributed by atoms with Crippen LogP contribution in [-0.4, -0.2) is 26.4 Å². The van der Waals surface area contributed by atoms with E-state index in [1.54, 1.807) is 12.1 Å². The summed E-state index contributed by atoms with van der Waals surface area (Å²) >= 11 is 0. The van der Waals surface area contributed by atoms with Gasteiger partial charge in [0.05, 0.1) is 6.61 Å². The second-order valence-corrected chi connectivity index (χ2v) is 12.1. The van der Waals surface area contributed by atoms with Crippen molar-refractivity contribution in [1.29, 1.82) is 5.26 Å². The Balaban J connectivity index is 2.89. The zero-order chi connectivity index (χ0) is 17.6. The highest BCUT2D eigenvalue weighted by atomic mass is 28.3. The minimum atomic E-state index is -1.30. The van der Waals surface area contributed by atoms with Crippen LogP contribution >= 0.6 is 0 Å². The molecule has 0 radical (unpaired) electrons. The number of ketones is 1. The maximum Gasteiger partial charge on any atom is 0.348 e. The first kappa shape index (κ1) is 18.7. The van der Waals surface area contributed by atoms with Gasteiger partial charge >= 0.3 is 5.97 Å². The molecule has 6 heteroatoms. The zero-order valence-corrected chi connectivity index (χ0v) is 15.0. The van der Waals surface area contributed by atoms with E-state index in [1.807, 2.05) is 6.07 Å². The molecule has 0 unspecified atom stereocenters. The third-order valence-corrected chi connectivity index (χ3v) is 4.92. The summed E-state index contributed by atoms with van der Waals surface area (Å²) in [5, 5.41) is 9.15. The fourth-order valence-electron chi connectivity index (χ4n) is 1.75. The SMILES string of the molecule is CC(=O)c1ccc(C=C(C#N)C(=O)OCC[Si](C)(C)C)c(N)c1. The molecule has 0 aliphatic carbocycles. The average Bonchev–Trinajstić information content (AvgIpc) is 2.44. The Morgan fingerprint density at radius 2 is 2.00 bits per heavy atom. The standard InChI is InChI=1S/C17H22N2O3Si/c1-12(20)13-5-6-14(16(19)10-13)9-15(11-18)17(21)22-7-8-23(2,3)4/h5-6,9-10H,7-8,19H2,1-4H3. The second kappa shape index (κ2) is 7.74. The minimum absolute atomic E-state index is 0.0986. The Morgan fingerprint density at radius 3 is 2.48 bits per heavy atom. The molecule has 0 bridgehead atoms. The molecule has 0 amide bonds. The molecule has 0 aromatic heterocycles. The van der Waals surface area contributed by atoms with Crippen molar-refractivity contribution in [3.8, 4) is 6.07 Å². The van der Waals surface area contributed by atoms with Gasteiger partial charge in [-0.1, -0.05) is 31.8 Å². The number of carbonyl (C=O) groups excluding carboxylic acids is 2. The lowest BCUT2D eigenvalue weighted by atomic mass is 10.0. The summed E-state index contributed by atoms with van der Waals surface area (Å²) in [4.78, 5) is 23.3. The topological polar surface area (TPSA) is 93.2 Å². The zero-order valence-electron chi connectivity index (χ0n) is 14.0. The summed E-state index contributed by atoms with van der Waals surface area (Å²) in [5.41, 5.74) is 7.08. The predicted octanol–water partition coefficient (Wildman–Crippen LogP) is 3.26. The van der Waals surface area contributed by atoms with Gasteiger partial charge in [-0.2, -0.15) is 5.26 Å². The number of ether oxygens (including phenoxy) is 1. The summed E-state index contributed by atoms with van der Waals surface area (Å²) in [6.45, 7) is 8.30. The number of nitrogens with two attached hydrogens (primary N) is 1. The second-order valence-electron chi connectivity index (χ2n) is 6.52. The first-order chi connectivity index (χ1) is 10.6. The van der Waals surface area contributed by atoms with Crippen LogP contribution in [0.2, 0.25) is 25.7 Å². The molecule has 0 aliphatic rings. The molecule has 0 fully saturated rings. The van der Waals surface area contributed by atoms with Gasteiger partial charge < -0.3 is 10.5 Å². The first-order valence-electron chi connectivity index (χ1n) is 7.33. The number of esters is 1. The van der Waals surface area contributed by atoms with E-state index in [0.29, 0.717) is 23.4 Å². The van der Waals surface area contributed by atoms with Gasteiger partial charge in [0.1, 0.15) is 11.6 Å². The van der Waals surface area contributed by atoms with Gasteiger partial charge in [0.2, 0.25) is 0 Å². The number of rotatable bonds is 6. The number of anilines is 1. The molecule has 0 aliphatic heterocycles. The van der Waals surface area contributed by atoms with Gasteiger partial charge in [0.15, 0.2) is 5.78 Å². The van der Waals surface area contributed by atoms with E-state index in [2.05, 4.69) is 19.6 Å². The first-order valence-corrected chi connectivity index (χ1v) is 11.0. The number of nitriles is 1. The quantitative estimate of drug-likeness (QED) is 0.216. The average molecular weight is 330 g/mol. The molecule has 0 heterocycles. The molecule has 1 aromatic rings. The van der Waals surface area contributed by atoms with Crippen molar-refractivity contribution < 1.29 is 14.3 Å². The van der Waals surface area contributed by atoms with Crippen LogP contribution in [0.4, 0.5) is 5.69 Å². The van der Waals surface area contributed by atoms with Crippen molar-refractivity contribution in [2.24, 2.45) is 0 Å². The van der Waals surface area contributed by atoms with Crippen LogP contribution in [0.15, 0.2) is 23.8 Å². The largest absolute Gasteiger partial charge is 0.462 e. The summed E-state index contributed by atoms with van der Waals surface area (Å²) in [6.07, 6.45) is 1.39. The van der Waals surface area contributed by atoms with E-state index >= 15 is 0 Å². The lowest BCUT2D eigenvalue weighted by molar-refractivity contribution is -0.137. The number of benzene rings is 1. The third-order valence-electron chi connectivity index (χ3n) is 3.22. The molecule has 0 saturated heterocycles. The molecule has 1 aromatic carbocycles. The highest BCUT2D eigenvalue weighted by Gasteiger charge is 2.16. The van der Waals surface area contributed by atoms with E-state index in [1.165, 1.54) is 19.1 Å². The van der Waals surface area contributed by atoms with Crippen LogP contribution in [0.3, 0.4) is 0 Å². The maximum atomic E-state index is 12.0. The number of hydrogen-bond donors (Lipinski definition) is 1. The lowest BCUT2D eigenvalue weighted by Gasteiger charge is -2.15. The van der Waals surface area contributed by atoms with Gasteiger partial charge in [-0.25, -0.2) is 4.79 Å². The van der Waals surface area contributed by atoms with Crippen LogP contribution in [0.25, 0.3) is 6.08 Å². The van der Waals surface area contributed by atoms with Crippen molar-refractivity contribution in [3.63, 3.8) is 0 Å². The Labute approximate surface area is 137 Å². The molecule has 23 heavy (non-hydrogen) atoms. The number of carbonyl (C=O) groups is 2. The Hall–Kier alpha value is -2.39. The smallest absolute Gasteiger partial charge is 0.348 e. The fraction of sp³-hybridized carbons (Fsp3) is 0.353. The predicted molar refractivity (Wildman–Crippen MR) is 93.6 cm³/mol. The Morgan fingerprint density at radius 1 is 1.35 bits per heavy atom. The molecular weight excluding hydrogens is 308 g/mol. The van der Waals surface area contributed by atoms with Gasteiger partial charge in [0.25, 0.3) is 0 Å². The van der Waals surface area contributed by atoms with E-state index in [4.69, 9.17) is 15.7 Å². The third kappa shape index (κ3) is 6.08. The van der Waals surface area contributed by atoms with Crippen LogP contribution in [0, 0.1) is 11.3 Å². The van der Waals surface area contributed by atoms with Crippen LogP contribution in [0.5, 0.6) is 0 Å². The monoisotopic (exact) mass is 330 g/mol. The summed E-state index contributed by atoms with van der Waals surface area (Å²) in [7, 11) is -1.30. The molecule has 0 saturated carbocycles. The van der Waals surface area contributed by atoms with E-state index in [0.717, 1.165) is 6.04 Å². The molecular formula is C17H22N2O3Si. The molecule has 2 N–H and O–H groups in total. The lowest BCUT2D eigenvalue weighted by Crippen LogP contribution is -2.23. The van der Waals surface area contributed by atoms with Gasteiger partial charge in [-0.3, -0.25) is 4.79 Å². The fourth-order valence-corrected chi connectivity index (χ4v) is 2.46. The highest BCUT2D eigenvalue weighted by Crippen LogP contribution is 2.19. The molecule has 122 valence electrons. The van der Waals surface area contributed by atoms with Crippen LogP contribution in [0.1, 0.15) is 22.8 Å². The number of nitrogen functional groups attached to an aromatic ring is 1. The van der Waals surface area contributed by atoms with Gasteiger partial charge in [-0.15, -0.1) is 0 Å². The van der Waals surface area contributed by atoms with Crippen molar-refractivity contribution in [2.75, 3.05) is 12.3 Å². The number of Topliss-reactive ketones (excluding diaryl/α,β-unsaturated/α-hetero) is 1. The van der Waals surface area contributed by atoms with Crippen molar-refractivity contribution >= 4 is 31.6 Å². The Bertz CT molecular complexity index is 682. The van der Waals surface area contributed by atoms with Gasteiger partial charge in [-0.05, 0) is 30.7 Å². The maximum absolute atomic E-state index is 12.0. The normalized spacial score (nSPS) is 11.7. The van der Waals surface area contributed by atoms with Crippen molar-refractivity contribution in [2.45, 2.75) is 32.6 Å². The highest BCUT2D eigenvalue weighted by molar-refractivity contribution is 6.76. The van der Waals surface area contributed by atoms with E-state index in [9.17, 15) is 9.59 Å². The van der Waals surface area contributed by atoms with Crippen molar-refractivity contribution in [3.05, 3.63) is 34.9 Å². The van der Waals surface area contributed by atoms with Crippen molar-refractivity contribution in [1.82, 2.24) is 0 Å². The van der Waals surface area contributed by atoms with Crippen LogP contribution in [-0.2, 0) is 9.53 Å². The molecule has 5 nitrogen and oxygen atoms in total. The number of nitrogens with zero attached hydrogens (tertiary/aromatic N) is 1. The molecule has 1 rings (SSSR count). The van der Waals surface area contributed by atoms with E-state index < -0.39 is 14.0 Å². The summed E-state index contributed by atoms with van der Waals surface area (Å²) in [5.74, 6) is -0.751. The molecule has 0 spiro atoms. The van der Waals surface area contributed by atoms with Gasteiger partial charge in [0, 0.05) is 19.3 Å². The molecule has 0 atom stereocenters. The van der Waals surface area contributed by atoms with E-state index in [-0.39, 0.29) is 11.4 Å². The van der Waals surface area contributed by atoms with Crippen LogP contribution < -0.4 is 5.73 Å². The summed E-state index contributed by atoms with van der Waals surface area (Å²) < 4.78 is 5.16.